The van der Waals surface area contributed by atoms with Gasteiger partial charge in [0.15, 0.2) is 0 Å². The minimum atomic E-state index is 0.575. The molecule has 0 heterocycles. The first kappa shape index (κ1) is 11.2. The van der Waals surface area contributed by atoms with E-state index in [9.17, 15) is 0 Å². The van der Waals surface area contributed by atoms with Gasteiger partial charge in [-0.3, -0.25) is 0 Å². The number of hydrogen-bond donors (Lipinski definition) is 1. The van der Waals surface area contributed by atoms with Gasteiger partial charge in [-0.05, 0) is 35.4 Å². The topological polar surface area (TPSA) is 47.6 Å². The van der Waals surface area contributed by atoms with Crippen LogP contribution in [0.25, 0.3) is 0 Å². The van der Waals surface area contributed by atoms with Gasteiger partial charge in [0, 0.05) is 0 Å². The highest BCUT2D eigenvalue weighted by molar-refractivity contribution is 5.79. The van der Waals surface area contributed by atoms with Gasteiger partial charge in [-0.25, -0.2) is 0 Å². The lowest BCUT2D eigenvalue weighted by Gasteiger charge is -2.06. The zero-order valence-electron chi connectivity index (χ0n) is 9.41. The van der Waals surface area contributed by atoms with Crippen LogP contribution >= 0.6 is 0 Å². The van der Waals surface area contributed by atoms with Crippen molar-refractivity contribution in [2.24, 2.45) is 10.9 Å². The Balaban J connectivity index is 1.95. The summed E-state index contributed by atoms with van der Waals surface area (Å²) in [5, 5.41) is 3.46. The minimum absolute atomic E-state index is 0.575. The molecule has 0 aliphatic rings. The standard InChI is InChI=1S/C14H14N2O/c15-16-10-12-6-8-14(9-7-12)17-11-13-4-2-1-3-5-13/h1-10H,11,15H2/b16-10+. The lowest BCUT2D eigenvalue weighted by molar-refractivity contribution is 0.306. The molecule has 17 heavy (non-hydrogen) atoms. The van der Waals surface area contributed by atoms with Crippen LogP contribution in [0.15, 0.2) is 59.7 Å². The van der Waals surface area contributed by atoms with Crippen LogP contribution in [-0.2, 0) is 6.61 Å². The maximum Gasteiger partial charge on any atom is 0.119 e. The predicted molar refractivity (Wildman–Crippen MR) is 69.0 cm³/mol. The molecule has 2 N–H and O–H groups in total. The lowest BCUT2D eigenvalue weighted by Crippen LogP contribution is -1.95. The number of benzene rings is 2. The van der Waals surface area contributed by atoms with Gasteiger partial charge in [-0.1, -0.05) is 30.3 Å². The number of rotatable bonds is 4. The summed E-state index contributed by atoms with van der Waals surface area (Å²) >= 11 is 0. The lowest BCUT2D eigenvalue weighted by atomic mass is 10.2. The Hall–Kier alpha value is -2.29. The average molecular weight is 226 g/mol. The first-order chi connectivity index (χ1) is 8.38. The van der Waals surface area contributed by atoms with Crippen LogP contribution in [0, 0.1) is 0 Å². The van der Waals surface area contributed by atoms with E-state index in [-0.39, 0.29) is 0 Å². The Morgan fingerprint density at radius 1 is 1.00 bits per heavy atom. The molecule has 0 fully saturated rings. The molecule has 3 nitrogen and oxygen atoms in total. The quantitative estimate of drug-likeness (QED) is 0.495. The van der Waals surface area contributed by atoms with Crippen LogP contribution in [0.4, 0.5) is 0 Å². The summed E-state index contributed by atoms with van der Waals surface area (Å²) in [6.45, 7) is 0.575. The van der Waals surface area contributed by atoms with E-state index in [1.54, 1.807) is 6.21 Å². The normalized spacial score (nSPS) is 10.6. The zero-order chi connectivity index (χ0) is 11.9. The molecule has 2 rings (SSSR count). The molecule has 0 aliphatic carbocycles. The van der Waals surface area contributed by atoms with E-state index in [1.807, 2.05) is 54.6 Å². The summed E-state index contributed by atoms with van der Waals surface area (Å²) in [6, 6.07) is 17.7. The van der Waals surface area contributed by atoms with Crippen molar-refractivity contribution in [2.45, 2.75) is 6.61 Å². The Morgan fingerprint density at radius 2 is 1.71 bits per heavy atom. The third kappa shape index (κ3) is 3.34. The molecule has 0 spiro atoms. The second-order valence-electron chi connectivity index (χ2n) is 3.62. The van der Waals surface area contributed by atoms with Gasteiger partial charge < -0.3 is 10.6 Å². The van der Waals surface area contributed by atoms with Gasteiger partial charge >= 0.3 is 0 Å². The number of nitrogens with two attached hydrogens (primary N) is 1. The molecule has 3 heteroatoms. The molecule has 0 aromatic heterocycles. The summed E-state index contributed by atoms with van der Waals surface area (Å²) in [5.41, 5.74) is 2.11. The second kappa shape index (κ2) is 5.70. The molecule has 2 aromatic rings. The van der Waals surface area contributed by atoms with Crippen LogP contribution in [0.1, 0.15) is 11.1 Å². The fraction of sp³-hybridized carbons (Fsp3) is 0.0714. The molecule has 0 amide bonds. The first-order valence-electron chi connectivity index (χ1n) is 5.38. The third-order valence-electron chi connectivity index (χ3n) is 2.35. The number of hydrogen-bond acceptors (Lipinski definition) is 3. The predicted octanol–water partition coefficient (Wildman–Crippen LogP) is 2.56. The smallest absolute Gasteiger partial charge is 0.119 e. The number of ether oxygens (including phenoxy) is 1. The Kier molecular flexibility index (Phi) is 3.76. The van der Waals surface area contributed by atoms with Crippen molar-refractivity contribution in [1.29, 1.82) is 0 Å². The van der Waals surface area contributed by atoms with Crippen LogP contribution in [-0.4, -0.2) is 6.21 Å². The summed E-state index contributed by atoms with van der Waals surface area (Å²) in [7, 11) is 0. The Morgan fingerprint density at radius 3 is 2.35 bits per heavy atom. The minimum Gasteiger partial charge on any atom is -0.489 e. The summed E-state index contributed by atoms with van der Waals surface area (Å²) in [6.07, 6.45) is 1.60. The fourth-order valence-corrected chi connectivity index (χ4v) is 1.48. The van der Waals surface area contributed by atoms with E-state index >= 15 is 0 Å². The van der Waals surface area contributed by atoms with E-state index in [2.05, 4.69) is 5.10 Å². The maximum absolute atomic E-state index is 5.65. The van der Waals surface area contributed by atoms with E-state index in [0.717, 1.165) is 16.9 Å². The van der Waals surface area contributed by atoms with E-state index in [4.69, 9.17) is 10.6 Å². The largest absolute Gasteiger partial charge is 0.489 e. The van der Waals surface area contributed by atoms with Crippen LogP contribution in [0.3, 0.4) is 0 Å². The highest BCUT2D eigenvalue weighted by Gasteiger charge is 1.95. The van der Waals surface area contributed by atoms with Crippen molar-refractivity contribution in [2.75, 3.05) is 0 Å². The van der Waals surface area contributed by atoms with Crippen molar-refractivity contribution < 1.29 is 4.74 Å². The highest BCUT2D eigenvalue weighted by Crippen LogP contribution is 2.13. The zero-order valence-corrected chi connectivity index (χ0v) is 9.41. The van der Waals surface area contributed by atoms with Gasteiger partial charge in [-0.2, -0.15) is 5.10 Å². The monoisotopic (exact) mass is 226 g/mol. The molecular formula is C14H14N2O. The average Bonchev–Trinajstić information content (AvgIpc) is 2.40. The summed E-state index contributed by atoms with van der Waals surface area (Å²) in [5.74, 6) is 5.91. The van der Waals surface area contributed by atoms with Gasteiger partial charge in [0.1, 0.15) is 12.4 Å². The van der Waals surface area contributed by atoms with Crippen molar-refractivity contribution in [3.63, 3.8) is 0 Å². The SMILES string of the molecule is N/N=C/c1ccc(OCc2ccccc2)cc1. The van der Waals surface area contributed by atoms with Crippen molar-refractivity contribution in [1.82, 2.24) is 0 Å². The summed E-state index contributed by atoms with van der Waals surface area (Å²) in [4.78, 5) is 0. The first-order valence-corrected chi connectivity index (χ1v) is 5.38. The molecule has 0 unspecified atom stereocenters. The molecule has 0 radical (unpaired) electrons. The van der Waals surface area contributed by atoms with E-state index in [0.29, 0.717) is 6.61 Å². The van der Waals surface area contributed by atoms with Gasteiger partial charge in [0.25, 0.3) is 0 Å². The maximum atomic E-state index is 5.65. The summed E-state index contributed by atoms with van der Waals surface area (Å²) < 4.78 is 5.65. The number of hydrazone groups is 1. The fourth-order valence-electron chi connectivity index (χ4n) is 1.48. The third-order valence-corrected chi connectivity index (χ3v) is 2.35. The highest BCUT2D eigenvalue weighted by atomic mass is 16.5. The van der Waals surface area contributed by atoms with Crippen molar-refractivity contribution in [3.8, 4) is 5.75 Å². The molecule has 86 valence electrons. The Labute approximate surface area is 101 Å². The van der Waals surface area contributed by atoms with Crippen molar-refractivity contribution >= 4 is 6.21 Å². The Bertz CT molecular complexity index is 477. The molecule has 0 aliphatic heterocycles. The van der Waals surface area contributed by atoms with Gasteiger partial charge in [0.2, 0.25) is 0 Å². The van der Waals surface area contributed by atoms with Crippen molar-refractivity contribution in [3.05, 3.63) is 65.7 Å². The molecule has 0 saturated heterocycles. The molecular weight excluding hydrogens is 212 g/mol. The molecule has 0 atom stereocenters. The van der Waals surface area contributed by atoms with E-state index in [1.165, 1.54) is 0 Å². The number of nitrogens with zero attached hydrogens (tertiary/aromatic N) is 1. The van der Waals surface area contributed by atoms with Crippen LogP contribution in [0.2, 0.25) is 0 Å². The molecule has 0 bridgehead atoms. The second-order valence-corrected chi connectivity index (χ2v) is 3.62. The molecule has 0 saturated carbocycles. The van der Waals surface area contributed by atoms with Gasteiger partial charge in [0.05, 0.1) is 6.21 Å². The van der Waals surface area contributed by atoms with Crippen LogP contribution < -0.4 is 10.6 Å². The molecule has 2 aromatic carbocycles. The van der Waals surface area contributed by atoms with E-state index < -0.39 is 0 Å². The van der Waals surface area contributed by atoms with Gasteiger partial charge in [-0.15, -0.1) is 0 Å². The van der Waals surface area contributed by atoms with Crippen LogP contribution in [0.5, 0.6) is 5.75 Å².